The molecular weight excluding hydrogens is 296 g/mol. The van der Waals surface area contributed by atoms with Gasteiger partial charge in [-0.2, -0.15) is 0 Å². The Balaban J connectivity index is 2.07. The quantitative estimate of drug-likeness (QED) is 0.672. The second kappa shape index (κ2) is 5.17. The second-order valence-electron chi connectivity index (χ2n) is 6.92. The van der Waals surface area contributed by atoms with Gasteiger partial charge in [0, 0.05) is 11.5 Å². The maximum absolute atomic E-state index is 12.9. The standard InChI is InChI=1S/C17H20O4Si/c1-22(2,3)21-13-9-5-7-11-15(13)17(20)14-10(16(11)19)6-4-8-12(14)18/h4-6,8-9,11,13,15,18H,7H2,1-3H3/t11-,13+,15-/m0/s1. The number of hydrogen-bond acceptors (Lipinski definition) is 4. The van der Waals surface area contributed by atoms with Crippen LogP contribution in [0.2, 0.25) is 19.6 Å². The predicted octanol–water partition coefficient (Wildman–Crippen LogP) is 3.18. The Hall–Kier alpha value is -1.72. The number of phenols is 1. The number of allylic oxidation sites excluding steroid dienone is 1. The zero-order chi connectivity index (χ0) is 16.1. The van der Waals surface area contributed by atoms with Gasteiger partial charge in [-0.15, -0.1) is 0 Å². The number of ketones is 2. The van der Waals surface area contributed by atoms with Crippen molar-refractivity contribution in [1.82, 2.24) is 0 Å². The van der Waals surface area contributed by atoms with E-state index in [1.807, 2.05) is 12.2 Å². The first kappa shape index (κ1) is 15.2. The summed E-state index contributed by atoms with van der Waals surface area (Å²) in [6.07, 6.45) is 4.01. The number of rotatable bonds is 2. The van der Waals surface area contributed by atoms with Gasteiger partial charge < -0.3 is 9.53 Å². The molecule has 5 heteroatoms. The zero-order valence-electron chi connectivity index (χ0n) is 13.0. The van der Waals surface area contributed by atoms with E-state index in [0.29, 0.717) is 12.0 Å². The fourth-order valence-corrected chi connectivity index (χ4v) is 4.39. The van der Waals surface area contributed by atoms with Crippen molar-refractivity contribution in [3.8, 4) is 5.75 Å². The van der Waals surface area contributed by atoms with Crippen LogP contribution in [0, 0.1) is 11.8 Å². The molecule has 2 aliphatic rings. The molecule has 3 rings (SSSR count). The molecule has 1 N–H and O–H groups in total. The van der Waals surface area contributed by atoms with Crippen molar-refractivity contribution in [3.63, 3.8) is 0 Å². The monoisotopic (exact) mass is 316 g/mol. The van der Waals surface area contributed by atoms with Crippen LogP contribution in [0.1, 0.15) is 27.1 Å². The van der Waals surface area contributed by atoms with Crippen LogP contribution in [-0.2, 0) is 4.43 Å². The van der Waals surface area contributed by atoms with Crippen LogP contribution in [0.25, 0.3) is 0 Å². The van der Waals surface area contributed by atoms with Crippen LogP contribution in [0.15, 0.2) is 30.4 Å². The third-order valence-electron chi connectivity index (χ3n) is 4.19. The van der Waals surface area contributed by atoms with Crippen molar-refractivity contribution >= 4 is 19.9 Å². The Morgan fingerprint density at radius 2 is 1.91 bits per heavy atom. The van der Waals surface area contributed by atoms with Gasteiger partial charge in [-0.1, -0.05) is 24.3 Å². The molecule has 0 bridgehead atoms. The first-order chi connectivity index (χ1) is 10.3. The third kappa shape index (κ3) is 2.44. The molecule has 4 nitrogen and oxygen atoms in total. The van der Waals surface area contributed by atoms with Crippen LogP contribution >= 0.6 is 0 Å². The van der Waals surface area contributed by atoms with Gasteiger partial charge in [0.15, 0.2) is 19.9 Å². The van der Waals surface area contributed by atoms with E-state index < -0.39 is 14.2 Å². The topological polar surface area (TPSA) is 63.6 Å². The highest BCUT2D eigenvalue weighted by Crippen LogP contribution is 2.41. The zero-order valence-corrected chi connectivity index (χ0v) is 14.0. The first-order valence-corrected chi connectivity index (χ1v) is 11.0. The number of fused-ring (bicyclic) bond motifs is 2. The summed E-state index contributed by atoms with van der Waals surface area (Å²) in [6.45, 7) is 6.18. The van der Waals surface area contributed by atoms with E-state index in [-0.39, 0.29) is 34.9 Å². The smallest absolute Gasteiger partial charge is 0.184 e. The molecule has 22 heavy (non-hydrogen) atoms. The highest BCUT2D eigenvalue weighted by Gasteiger charge is 2.47. The number of phenolic OH excluding ortho intramolecular Hbond substituents is 1. The number of carbonyl (C=O) groups excluding carboxylic acids is 2. The molecule has 0 saturated carbocycles. The molecule has 3 atom stereocenters. The van der Waals surface area contributed by atoms with E-state index in [4.69, 9.17) is 4.43 Å². The molecule has 0 aromatic heterocycles. The minimum Gasteiger partial charge on any atom is -0.507 e. The van der Waals surface area contributed by atoms with Crippen LogP contribution in [0.4, 0.5) is 0 Å². The number of hydrogen-bond donors (Lipinski definition) is 1. The molecule has 1 aromatic carbocycles. The van der Waals surface area contributed by atoms with Crippen molar-refractivity contribution in [3.05, 3.63) is 41.5 Å². The summed E-state index contributed by atoms with van der Waals surface area (Å²) < 4.78 is 6.12. The highest BCUT2D eigenvalue weighted by molar-refractivity contribution is 6.69. The minimum atomic E-state index is -1.86. The number of carbonyl (C=O) groups is 2. The van der Waals surface area contributed by atoms with Crippen molar-refractivity contribution in [1.29, 1.82) is 0 Å². The lowest BCUT2D eigenvalue weighted by Gasteiger charge is -2.39. The van der Waals surface area contributed by atoms with Crippen LogP contribution in [0.3, 0.4) is 0 Å². The molecule has 0 aliphatic heterocycles. The SMILES string of the molecule is C[Si](C)(C)O[C@@H]1C=CC[C@@H]2C(=O)c3cccc(O)c3C(=O)[C@@H]21. The molecule has 0 unspecified atom stereocenters. The van der Waals surface area contributed by atoms with Gasteiger partial charge in [0.1, 0.15) is 5.75 Å². The van der Waals surface area contributed by atoms with Gasteiger partial charge in [0.2, 0.25) is 0 Å². The normalized spacial score (nSPS) is 27.5. The maximum Gasteiger partial charge on any atom is 0.184 e. The molecule has 0 amide bonds. The summed E-state index contributed by atoms with van der Waals surface area (Å²) in [4.78, 5) is 25.6. The van der Waals surface area contributed by atoms with Crippen LogP contribution < -0.4 is 0 Å². The van der Waals surface area contributed by atoms with Crippen molar-refractivity contribution in [2.75, 3.05) is 0 Å². The van der Waals surface area contributed by atoms with Crippen LogP contribution in [-0.4, -0.2) is 31.1 Å². The Kier molecular flexibility index (Phi) is 3.57. The molecule has 116 valence electrons. The second-order valence-corrected chi connectivity index (χ2v) is 11.4. The van der Waals surface area contributed by atoms with E-state index in [9.17, 15) is 14.7 Å². The Morgan fingerprint density at radius 1 is 1.18 bits per heavy atom. The van der Waals surface area contributed by atoms with Crippen molar-refractivity contribution < 1.29 is 19.1 Å². The summed E-state index contributed by atoms with van der Waals surface area (Å²) in [5, 5.41) is 10.0. The van der Waals surface area contributed by atoms with Gasteiger partial charge in [-0.25, -0.2) is 0 Å². The maximum atomic E-state index is 12.9. The fourth-order valence-electron chi connectivity index (χ4n) is 3.35. The van der Waals surface area contributed by atoms with Crippen molar-refractivity contribution in [2.24, 2.45) is 11.8 Å². The van der Waals surface area contributed by atoms with E-state index >= 15 is 0 Å². The van der Waals surface area contributed by atoms with Gasteiger partial charge in [0.25, 0.3) is 0 Å². The average Bonchev–Trinajstić information content (AvgIpc) is 2.42. The number of aromatic hydroxyl groups is 1. The van der Waals surface area contributed by atoms with Gasteiger partial charge in [-0.3, -0.25) is 9.59 Å². The molecular formula is C17H20O4Si. The molecule has 0 spiro atoms. The lowest BCUT2D eigenvalue weighted by atomic mass is 9.68. The average molecular weight is 316 g/mol. The summed E-state index contributed by atoms with van der Waals surface area (Å²) in [5.41, 5.74) is 0.501. The largest absolute Gasteiger partial charge is 0.507 e. The fraction of sp³-hybridized carbons (Fsp3) is 0.412. The summed E-state index contributed by atoms with van der Waals surface area (Å²) >= 11 is 0. The van der Waals surface area contributed by atoms with E-state index in [1.54, 1.807) is 12.1 Å². The summed E-state index contributed by atoms with van der Waals surface area (Å²) in [7, 11) is -1.86. The van der Waals surface area contributed by atoms with Gasteiger partial charge in [-0.05, 0) is 32.1 Å². The van der Waals surface area contributed by atoms with Gasteiger partial charge >= 0.3 is 0 Å². The van der Waals surface area contributed by atoms with Gasteiger partial charge in [0.05, 0.1) is 17.6 Å². The van der Waals surface area contributed by atoms with E-state index in [2.05, 4.69) is 19.6 Å². The highest BCUT2D eigenvalue weighted by atomic mass is 28.4. The minimum absolute atomic E-state index is 0.0657. The predicted molar refractivity (Wildman–Crippen MR) is 85.7 cm³/mol. The lowest BCUT2D eigenvalue weighted by Crippen LogP contribution is -2.48. The molecule has 0 fully saturated rings. The van der Waals surface area contributed by atoms with Crippen LogP contribution in [0.5, 0.6) is 5.75 Å². The number of benzene rings is 1. The summed E-state index contributed by atoms with van der Waals surface area (Å²) in [5.74, 6) is -1.26. The van der Waals surface area contributed by atoms with E-state index in [1.165, 1.54) is 6.07 Å². The number of Topliss-reactive ketones (excluding diaryl/α,β-unsaturated/α-hetero) is 2. The Bertz CT molecular complexity index is 672. The first-order valence-electron chi connectivity index (χ1n) is 7.54. The molecule has 2 aliphatic carbocycles. The molecule has 0 radical (unpaired) electrons. The third-order valence-corrected chi connectivity index (χ3v) is 5.17. The van der Waals surface area contributed by atoms with Crippen molar-refractivity contribution in [2.45, 2.75) is 32.2 Å². The molecule has 1 aromatic rings. The lowest BCUT2D eigenvalue weighted by molar-refractivity contribution is 0.0556. The Morgan fingerprint density at radius 3 is 2.59 bits per heavy atom. The molecule has 0 saturated heterocycles. The van der Waals surface area contributed by atoms with E-state index in [0.717, 1.165) is 0 Å². The Labute approximate surface area is 130 Å². The molecule has 0 heterocycles. The summed E-state index contributed by atoms with van der Waals surface area (Å²) in [6, 6.07) is 4.68.